The highest BCUT2D eigenvalue weighted by molar-refractivity contribution is 8.29. The summed E-state index contributed by atoms with van der Waals surface area (Å²) in [7, 11) is -1.31. The molecule has 0 unspecified atom stereocenters. The molecule has 0 aliphatic rings. The zero-order valence-electron chi connectivity index (χ0n) is 11.9. The van der Waals surface area contributed by atoms with Crippen LogP contribution in [0.15, 0.2) is 15.3 Å². The predicted octanol–water partition coefficient (Wildman–Crippen LogP) is 2.95. The third-order valence-electron chi connectivity index (χ3n) is 3.08. The first kappa shape index (κ1) is 15.1. The molecule has 1 aromatic rings. The summed E-state index contributed by atoms with van der Waals surface area (Å²) in [6, 6.07) is 1.26. The Balaban J connectivity index is 2.91. The van der Waals surface area contributed by atoms with Crippen molar-refractivity contribution in [3.8, 4) is 5.75 Å². The Morgan fingerprint density at radius 3 is 2.44 bits per heavy atom. The smallest absolute Gasteiger partial charge is 0.227 e. The topological polar surface area (TPSA) is 59.7 Å². The minimum absolute atomic E-state index is 0.0206. The van der Waals surface area contributed by atoms with E-state index in [4.69, 9.17) is 8.60 Å². The largest absolute Gasteiger partial charge is 0.502 e. The molecule has 0 fully saturated rings. The summed E-state index contributed by atoms with van der Waals surface area (Å²) in [5, 5.41) is 9.64. The second kappa shape index (κ2) is 4.97. The van der Waals surface area contributed by atoms with Gasteiger partial charge < -0.3 is 13.7 Å². The highest BCUT2D eigenvalue weighted by Gasteiger charge is 2.29. The molecule has 18 heavy (non-hydrogen) atoms. The van der Waals surface area contributed by atoms with Gasteiger partial charge in [-0.3, -0.25) is 4.79 Å². The summed E-state index contributed by atoms with van der Waals surface area (Å²) in [6.45, 7) is 8.10. The van der Waals surface area contributed by atoms with E-state index in [1.165, 1.54) is 6.07 Å². The van der Waals surface area contributed by atoms with Gasteiger partial charge in [-0.1, -0.05) is 20.8 Å². The quantitative estimate of drug-likeness (QED) is 0.920. The van der Waals surface area contributed by atoms with E-state index < -0.39 is 15.7 Å². The number of rotatable bonds is 3. The van der Waals surface area contributed by atoms with Crippen LogP contribution in [0.25, 0.3) is 0 Å². The fourth-order valence-corrected chi connectivity index (χ4v) is 1.89. The molecule has 0 radical (unpaired) electrons. The lowest BCUT2D eigenvalue weighted by Gasteiger charge is -2.43. The number of hydrogen-bond donors (Lipinski definition) is 1. The molecule has 0 aliphatic heterocycles. The van der Waals surface area contributed by atoms with Gasteiger partial charge in [-0.2, -0.15) is 0 Å². The van der Waals surface area contributed by atoms with E-state index in [1.54, 1.807) is 6.92 Å². The normalized spacial score (nSPS) is 13.7. The summed E-state index contributed by atoms with van der Waals surface area (Å²) in [5.41, 5.74) is -0.430. The molecule has 1 heterocycles. The Morgan fingerprint density at radius 1 is 1.39 bits per heavy atom. The van der Waals surface area contributed by atoms with Crippen LogP contribution < -0.4 is 5.43 Å². The average Bonchev–Trinajstić information content (AvgIpc) is 2.19. The second-order valence-corrected chi connectivity index (χ2v) is 9.53. The fraction of sp³-hybridized carbons (Fsp3) is 0.615. The summed E-state index contributed by atoms with van der Waals surface area (Å²) < 4.78 is 11.2. The predicted molar refractivity (Wildman–Crippen MR) is 75.4 cm³/mol. The zero-order valence-corrected chi connectivity index (χ0v) is 12.7. The van der Waals surface area contributed by atoms with Gasteiger partial charge in [0.1, 0.15) is 12.4 Å². The van der Waals surface area contributed by atoms with Gasteiger partial charge in [0.15, 0.2) is 5.76 Å². The van der Waals surface area contributed by atoms with Crippen molar-refractivity contribution in [2.24, 2.45) is 0 Å². The van der Waals surface area contributed by atoms with E-state index in [-0.39, 0.29) is 22.9 Å². The monoisotopic (exact) mass is 274 g/mol. The first-order valence-electron chi connectivity index (χ1n) is 5.74. The van der Waals surface area contributed by atoms with E-state index in [2.05, 4.69) is 33.3 Å². The van der Waals surface area contributed by atoms with E-state index >= 15 is 0 Å². The van der Waals surface area contributed by atoms with Crippen molar-refractivity contribution in [1.29, 1.82) is 0 Å². The minimum Gasteiger partial charge on any atom is -0.502 e. The van der Waals surface area contributed by atoms with Crippen LogP contribution in [0.5, 0.6) is 5.75 Å². The van der Waals surface area contributed by atoms with Crippen molar-refractivity contribution in [2.45, 2.75) is 39.0 Å². The van der Waals surface area contributed by atoms with E-state index in [9.17, 15) is 9.90 Å². The van der Waals surface area contributed by atoms with Crippen LogP contribution >= 0.6 is 10.3 Å². The van der Waals surface area contributed by atoms with E-state index in [0.717, 1.165) is 0 Å². The van der Waals surface area contributed by atoms with Gasteiger partial charge in [0.25, 0.3) is 0 Å². The lowest BCUT2D eigenvalue weighted by Crippen LogP contribution is -2.25. The standard InChI is InChI=1S/C13H22O4S/c1-9-7-10(14)12(15)11(17-9)8-16-18(5,6)13(2,3)4/h7,15H,8H2,1-6H3. The molecule has 0 amide bonds. The summed E-state index contributed by atoms with van der Waals surface area (Å²) >= 11 is 0. The fourth-order valence-electron chi connectivity index (χ4n) is 1.14. The van der Waals surface area contributed by atoms with Crippen molar-refractivity contribution in [2.75, 3.05) is 12.5 Å². The van der Waals surface area contributed by atoms with Gasteiger partial charge >= 0.3 is 0 Å². The zero-order chi connectivity index (χ0) is 14.1. The summed E-state index contributed by atoms with van der Waals surface area (Å²) in [5.74, 6) is 0.314. The minimum atomic E-state index is -1.31. The maximum Gasteiger partial charge on any atom is 0.227 e. The van der Waals surface area contributed by atoms with Crippen LogP contribution in [0, 0.1) is 6.92 Å². The van der Waals surface area contributed by atoms with Crippen LogP contribution in [0.4, 0.5) is 0 Å². The van der Waals surface area contributed by atoms with Crippen molar-refractivity contribution in [3.63, 3.8) is 0 Å². The molecule has 5 heteroatoms. The van der Waals surface area contributed by atoms with Gasteiger partial charge in [0.2, 0.25) is 11.2 Å². The average molecular weight is 274 g/mol. The van der Waals surface area contributed by atoms with Crippen molar-refractivity contribution >= 4 is 10.3 Å². The number of hydrogen-bond acceptors (Lipinski definition) is 4. The third kappa shape index (κ3) is 3.29. The van der Waals surface area contributed by atoms with Gasteiger partial charge in [-0.15, -0.1) is 10.3 Å². The Bertz CT molecular complexity index is 483. The molecular formula is C13H22O4S. The molecule has 104 valence electrons. The molecule has 1 aromatic heterocycles. The Labute approximate surface area is 109 Å². The second-order valence-electron chi connectivity index (χ2n) is 5.60. The lowest BCUT2D eigenvalue weighted by molar-refractivity contribution is 0.271. The van der Waals surface area contributed by atoms with Crippen LogP contribution in [0.2, 0.25) is 0 Å². The van der Waals surface area contributed by atoms with Crippen LogP contribution in [0.1, 0.15) is 32.3 Å². The Hall–Kier alpha value is -0.940. The highest BCUT2D eigenvalue weighted by atomic mass is 32.3. The molecule has 0 atom stereocenters. The SMILES string of the molecule is Cc1cc(=O)c(O)c(COS(C)(C)C(C)(C)C)o1. The van der Waals surface area contributed by atoms with Gasteiger partial charge in [0, 0.05) is 10.8 Å². The molecule has 0 aromatic carbocycles. The van der Waals surface area contributed by atoms with Crippen LogP contribution in [-0.4, -0.2) is 22.4 Å². The first-order valence-corrected chi connectivity index (χ1v) is 8.12. The van der Waals surface area contributed by atoms with Gasteiger partial charge in [-0.05, 0) is 19.4 Å². The molecule has 0 bridgehead atoms. The Kier molecular flexibility index (Phi) is 4.18. The van der Waals surface area contributed by atoms with Crippen LogP contribution in [0.3, 0.4) is 0 Å². The molecule has 4 nitrogen and oxygen atoms in total. The maximum absolute atomic E-state index is 11.4. The molecule has 0 spiro atoms. The number of aromatic hydroxyl groups is 1. The van der Waals surface area contributed by atoms with Gasteiger partial charge in [-0.25, -0.2) is 0 Å². The molecular weight excluding hydrogens is 252 g/mol. The lowest BCUT2D eigenvalue weighted by atomic mass is 10.3. The van der Waals surface area contributed by atoms with Crippen molar-refractivity contribution in [3.05, 3.63) is 27.8 Å². The Morgan fingerprint density at radius 2 is 1.94 bits per heavy atom. The third-order valence-corrected chi connectivity index (χ3v) is 6.73. The molecule has 1 N–H and O–H groups in total. The first-order chi connectivity index (χ1) is 8.04. The molecule has 0 aliphatic carbocycles. The van der Waals surface area contributed by atoms with Crippen molar-refractivity contribution < 1.29 is 13.7 Å². The van der Waals surface area contributed by atoms with Crippen molar-refractivity contribution in [1.82, 2.24) is 0 Å². The summed E-state index contributed by atoms with van der Waals surface area (Å²) in [4.78, 5) is 11.4. The summed E-state index contributed by atoms with van der Waals surface area (Å²) in [6.07, 6.45) is 4.11. The molecule has 0 saturated carbocycles. The molecule has 1 rings (SSSR count). The number of aryl methyl sites for hydroxylation is 1. The maximum atomic E-state index is 11.4. The highest BCUT2D eigenvalue weighted by Crippen LogP contribution is 2.54. The van der Waals surface area contributed by atoms with Gasteiger partial charge in [0.05, 0.1) is 0 Å². The molecule has 0 saturated heterocycles. The van der Waals surface area contributed by atoms with E-state index in [0.29, 0.717) is 5.76 Å². The van der Waals surface area contributed by atoms with E-state index in [1.807, 2.05) is 0 Å². The van der Waals surface area contributed by atoms with Crippen LogP contribution in [-0.2, 0) is 10.8 Å².